The molecule has 0 fully saturated rings. The molecule has 0 radical (unpaired) electrons. The Morgan fingerprint density at radius 3 is 2.69 bits per heavy atom. The molecule has 0 aliphatic heterocycles. The summed E-state index contributed by atoms with van der Waals surface area (Å²) in [5.74, 6) is 0.172. The topological polar surface area (TPSA) is 54.4 Å². The van der Waals surface area contributed by atoms with Gasteiger partial charge in [0.05, 0.1) is 17.5 Å². The Labute approximate surface area is 157 Å². The molecule has 0 unspecified atom stereocenters. The fourth-order valence-corrected chi connectivity index (χ4v) is 3.53. The Morgan fingerprint density at radius 1 is 1.15 bits per heavy atom. The third-order valence-corrected chi connectivity index (χ3v) is 5.03. The summed E-state index contributed by atoms with van der Waals surface area (Å²) < 4.78 is 0. The molecule has 0 saturated carbocycles. The molecule has 2 aromatic carbocycles. The first-order valence-corrected chi connectivity index (χ1v) is 9.40. The lowest BCUT2D eigenvalue weighted by atomic mass is 10.1. The van der Waals surface area contributed by atoms with Crippen molar-refractivity contribution >= 4 is 34.8 Å². The van der Waals surface area contributed by atoms with Crippen LogP contribution in [0, 0.1) is 20.8 Å². The number of hydrogen-bond donors (Lipinski definition) is 1. The Kier molecular flexibility index (Phi) is 5.68. The number of hydrazone groups is 1. The van der Waals surface area contributed by atoms with Crippen molar-refractivity contribution in [3.8, 4) is 0 Å². The van der Waals surface area contributed by atoms with E-state index in [1.54, 1.807) is 6.21 Å². The molecule has 3 aromatic rings. The van der Waals surface area contributed by atoms with Gasteiger partial charge < -0.3 is 0 Å². The number of hydrogen-bond acceptors (Lipinski definition) is 4. The number of nitrogens with one attached hydrogen (secondary N) is 1. The average Bonchev–Trinajstić information content (AvgIpc) is 2.62. The van der Waals surface area contributed by atoms with Gasteiger partial charge in [-0.3, -0.25) is 9.78 Å². The highest BCUT2D eigenvalue weighted by Crippen LogP contribution is 2.29. The largest absolute Gasteiger partial charge is 0.272 e. The van der Waals surface area contributed by atoms with Crippen LogP contribution in [0.3, 0.4) is 0 Å². The van der Waals surface area contributed by atoms with Gasteiger partial charge in [0.15, 0.2) is 0 Å². The predicted octanol–water partition coefficient (Wildman–Crippen LogP) is 4.40. The number of aromatic nitrogens is 1. The minimum atomic E-state index is -0.131. The number of pyridine rings is 1. The second-order valence-corrected chi connectivity index (χ2v) is 7.24. The number of rotatable bonds is 5. The average molecular weight is 363 g/mol. The Balaban J connectivity index is 1.64. The smallest absolute Gasteiger partial charge is 0.250 e. The molecule has 1 amide bonds. The molecule has 0 bridgehead atoms. The van der Waals surface area contributed by atoms with E-state index in [4.69, 9.17) is 0 Å². The lowest BCUT2D eigenvalue weighted by Crippen LogP contribution is -2.19. The molecule has 3 rings (SSSR count). The van der Waals surface area contributed by atoms with Crippen LogP contribution in [0.5, 0.6) is 0 Å². The van der Waals surface area contributed by atoms with Crippen LogP contribution in [0.15, 0.2) is 58.5 Å². The van der Waals surface area contributed by atoms with Gasteiger partial charge in [-0.15, -0.1) is 11.8 Å². The van der Waals surface area contributed by atoms with Crippen LogP contribution >= 0.6 is 11.8 Å². The zero-order valence-corrected chi connectivity index (χ0v) is 15.9. The van der Waals surface area contributed by atoms with Gasteiger partial charge in [0.25, 0.3) is 0 Å². The van der Waals surface area contributed by atoms with Crippen molar-refractivity contribution < 1.29 is 4.79 Å². The Morgan fingerprint density at radius 2 is 1.92 bits per heavy atom. The van der Waals surface area contributed by atoms with E-state index in [9.17, 15) is 4.79 Å². The summed E-state index contributed by atoms with van der Waals surface area (Å²) in [4.78, 5) is 17.8. The van der Waals surface area contributed by atoms with Gasteiger partial charge in [-0.25, -0.2) is 5.43 Å². The van der Waals surface area contributed by atoms with E-state index in [1.807, 2.05) is 56.3 Å². The third kappa shape index (κ3) is 4.49. The third-order valence-electron chi connectivity index (χ3n) is 3.97. The summed E-state index contributed by atoms with van der Waals surface area (Å²) >= 11 is 1.50. The molecule has 0 aliphatic carbocycles. The monoisotopic (exact) mass is 363 g/mol. The molecule has 0 saturated heterocycles. The molecule has 0 spiro atoms. The minimum Gasteiger partial charge on any atom is -0.272 e. The lowest BCUT2D eigenvalue weighted by molar-refractivity contribution is -0.118. The summed E-state index contributed by atoms with van der Waals surface area (Å²) in [6.07, 6.45) is 1.65. The Bertz CT molecular complexity index is 965. The molecule has 0 atom stereocenters. The van der Waals surface area contributed by atoms with Crippen LogP contribution in [-0.4, -0.2) is 22.9 Å². The summed E-state index contributed by atoms with van der Waals surface area (Å²) in [7, 11) is 0. The van der Waals surface area contributed by atoms with Crippen molar-refractivity contribution in [3.63, 3.8) is 0 Å². The van der Waals surface area contributed by atoms with E-state index in [1.165, 1.54) is 17.3 Å². The SMILES string of the molecule is Cc1ccc(C=NNC(=O)CSc2cc(C)nc3c(C)cccc23)cc1. The van der Waals surface area contributed by atoms with Crippen molar-refractivity contribution in [1.29, 1.82) is 0 Å². The predicted molar refractivity (Wildman–Crippen MR) is 109 cm³/mol. The van der Waals surface area contributed by atoms with Crippen LogP contribution in [0.4, 0.5) is 0 Å². The number of thioether (sulfide) groups is 1. The first-order valence-electron chi connectivity index (χ1n) is 8.41. The minimum absolute atomic E-state index is 0.131. The van der Waals surface area contributed by atoms with Crippen molar-refractivity contribution in [3.05, 3.63) is 70.9 Å². The molecule has 5 heteroatoms. The van der Waals surface area contributed by atoms with E-state index in [-0.39, 0.29) is 5.91 Å². The van der Waals surface area contributed by atoms with Gasteiger partial charge in [-0.1, -0.05) is 48.0 Å². The van der Waals surface area contributed by atoms with Crippen LogP contribution in [0.25, 0.3) is 10.9 Å². The highest BCUT2D eigenvalue weighted by Gasteiger charge is 2.08. The van der Waals surface area contributed by atoms with Crippen LogP contribution in [0.2, 0.25) is 0 Å². The van der Waals surface area contributed by atoms with E-state index in [2.05, 4.69) is 28.5 Å². The first kappa shape index (κ1) is 18.1. The second kappa shape index (κ2) is 8.15. The zero-order chi connectivity index (χ0) is 18.5. The van der Waals surface area contributed by atoms with Crippen LogP contribution < -0.4 is 5.43 Å². The van der Waals surface area contributed by atoms with Crippen LogP contribution in [-0.2, 0) is 4.79 Å². The van der Waals surface area contributed by atoms with Crippen molar-refractivity contribution in [2.45, 2.75) is 25.7 Å². The molecule has 1 aromatic heterocycles. The number of fused-ring (bicyclic) bond motifs is 1. The van der Waals surface area contributed by atoms with Gasteiger partial charge in [0.1, 0.15) is 0 Å². The zero-order valence-electron chi connectivity index (χ0n) is 15.1. The molecule has 0 aliphatic rings. The van der Waals surface area contributed by atoms with Gasteiger partial charge in [-0.05, 0) is 38.0 Å². The van der Waals surface area contributed by atoms with Gasteiger partial charge in [-0.2, -0.15) is 5.10 Å². The normalized spacial score (nSPS) is 11.2. The maximum atomic E-state index is 12.1. The van der Waals surface area contributed by atoms with E-state index < -0.39 is 0 Å². The van der Waals surface area contributed by atoms with Gasteiger partial charge >= 0.3 is 0 Å². The highest BCUT2D eigenvalue weighted by molar-refractivity contribution is 8.00. The molecular formula is C21H21N3OS. The number of nitrogens with zero attached hydrogens (tertiary/aromatic N) is 2. The van der Waals surface area contributed by atoms with E-state index >= 15 is 0 Å². The summed E-state index contributed by atoms with van der Waals surface area (Å²) in [6.45, 7) is 6.06. The fraction of sp³-hybridized carbons (Fsp3) is 0.190. The highest BCUT2D eigenvalue weighted by atomic mass is 32.2. The first-order chi connectivity index (χ1) is 12.5. The fourth-order valence-electron chi connectivity index (χ4n) is 2.61. The van der Waals surface area contributed by atoms with Crippen LogP contribution in [0.1, 0.15) is 22.4 Å². The Hall–Kier alpha value is -2.66. The number of para-hydroxylation sites is 1. The lowest BCUT2D eigenvalue weighted by Gasteiger charge is -2.09. The van der Waals surface area contributed by atoms with Crippen molar-refractivity contribution in [2.24, 2.45) is 5.10 Å². The van der Waals surface area contributed by atoms with E-state index in [0.29, 0.717) is 5.75 Å². The molecule has 26 heavy (non-hydrogen) atoms. The standard InChI is InChI=1S/C21H21N3OS/c1-14-7-9-17(10-8-14)12-22-24-20(25)13-26-19-11-16(3)23-21-15(2)5-4-6-18(19)21/h4-12H,13H2,1-3H3,(H,24,25). The quantitative estimate of drug-likeness (QED) is 0.415. The maximum absolute atomic E-state index is 12.1. The van der Waals surface area contributed by atoms with Gasteiger partial charge in [0, 0.05) is 16.0 Å². The van der Waals surface area contributed by atoms with Crippen molar-refractivity contribution in [1.82, 2.24) is 10.4 Å². The van der Waals surface area contributed by atoms with Gasteiger partial charge in [0.2, 0.25) is 5.91 Å². The molecule has 132 valence electrons. The van der Waals surface area contributed by atoms with E-state index in [0.717, 1.165) is 32.6 Å². The maximum Gasteiger partial charge on any atom is 0.250 e. The second-order valence-electron chi connectivity index (χ2n) is 6.23. The summed E-state index contributed by atoms with van der Waals surface area (Å²) in [6, 6.07) is 16.1. The number of amides is 1. The number of carbonyl (C=O) groups is 1. The number of carbonyl (C=O) groups excluding carboxylic acids is 1. The molecule has 1 heterocycles. The summed E-state index contributed by atoms with van der Waals surface area (Å²) in [5, 5.41) is 5.11. The molecular weight excluding hydrogens is 342 g/mol. The number of benzene rings is 2. The van der Waals surface area contributed by atoms with Crippen molar-refractivity contribution in [2.75, 3.05) is 5.75 Å². The molecule has 1 N–H and O–H groups in total. The molecule has 4 nitrogen and oxygen atoms in total. The number of aryl methyl sites for hydroxylation is 3. The summed E-state index contributed by atoms with van der Waals surface area (Å²) in [5.41, 5.74) is 7.81.